The fraction of sp³-hybridized carbons (Fsp3) is 0.179. The first-order chi connectivity index (χ1) is 16.2. The number of hydrogen-bond acceptors (Lipinski definition) is 3. The van der Waals surface area contributed by atoms with E-state index in [1.807, 2.05) is 59.5 Å². The smallest absolute Gasteiger partial charge is 0.267 e. The van der Waals surface area contributed by atoms with Crippen LogP contribution in [-0.2, 0) is 24.2 Å². The Hall–Kier alpha value is -3.99. The molecule has 1 aliphatic rings. The van der Waals surface area contributed by atoms with Crippen molar-refractivity contribution in [2.24, 2.45) is 0 Å². The highest BCUT2D eigenvalue weighted by Gasteiger charge is 2.31. The van der Waals surface area contributed by atoms with Crippen LogP contribution >= 0.6 is 0 Å². The Kier molecular flexibility index (Phi) is 5.85. The summed E-state index contributed by atoms with van der Waals surface area (Å²) in [5, 5.41) is 4.49. The number of carbonyl (C=O) groups excluding carboxylic acids is 1. The van der Waals surface area contributed by atoms with Crippen molar-refractivity contribution in [2.45, 2.75) is 25.4 Å². The molecule has 0 fully saturated rings. The SMILES string of the molecule is O=C(Cn1nc(-c2ccccc2)ccc1=O)N1CCc2ccccc2[C@@H]1Cc1ccccc1. The van der Waals surface area contributed by atoms with Gasteiger partial charge in [0.05, 0.1) is 11.7 Å². The Morgan fingerprint density at radius 1 is 0.848 bits per heavy atom. The van der Waals surface area contributed by atoms with E-state index in [0.717, 1.165) is 18.4 Å². The second kappa shape index (κ2) is 9.25. The molecule has 5 rings (SSSR count). The molecule has 5 nitrogen and oxygen atoms in total. The molecule has 33 heavy (non-hydrogen) atoms. The van der Waals surface area contributed by atoms with E-state index >= 15 is 0 Å². The molecule has 4 aromatic rings. The number of carbonyl (C=O) groups is 1. The minimum Gasteiger partial charge on any atom is -0.333 e. The van der Waals surface area contributed by atoms with Gasteiger partial charge in [-0.25, -0.2) is 4.68 Å². The van der Waals surface area contributed by atoms with E-state index in [4.69, 9.17) is 0 Å². The van der Waals surface area contributed by atoms with E-state index in [9.17, 15) is 9.59 Å². The van der Waals surface area contributed by atoms with Crippen molar-refractivity contribution in [3.05, 3.63) is 124 Å². The average molecular weight is 436 g/mol. The van der Waals surface area contributed by atoms with Crippen molar-refractivity contribution in [2.75, 3.05) is 6.54 Å². The zero-order valence-electron chi connectivity index (χ0n) is 18.3. The van der Waals surface area contributed by atoms with E-state index < -0.39 is 0 Å². The minimum absolute atomic E-state index is 0.0714. The van der Waals surface area contributed by atoms with Gasteiger partial charge in [-0.3, -0.25) is 9.59 Å². The molecule has 1 aromatic heterocycles. The molecule has 2 heterocycles. The number of hydrogen-bond donors (Lipinski definition) is 0. The summed E-state index contributed by atoms with van der Waals surface area (Å²) >= 11 is 0. The Labute approximate surface area is 192 Å². The maximum absolute atomic E-state index is 13.5. The molecule has 1 aliphatic heterocycles. The molecule has 1 amide bonds. The lowest BCUT2D eigenvalue weighted by atomic mass is 9.88. The van der Waals surface area contributed by atoms with Crippen LogP contribution in [0.15, 0.2) is 102 Å². The van der Waals surface area contributed by atoms with E-state index in [0.29, 0.717) is 12.2 Å². The Morgan fingerprint density at radius 2 is 1.55 bits per heavy atom. The first-order valence-electron chi connectivity index (χ1n) is 11.2. The summed E-state index contributed by atoms with van der Waals surface area (Å²) in [5.41, 5.74) is 4.95. The second-order valence-corrected chi connectivity index (χ2v) is 8.32. The number of benzene rings is 3. The molecule has 0 aliphatic carbocycles. The Bertz CT molecular complexity index is 1320. The number of amides is 1. The van der Waals surface area contributed by atoms with Crippen molar-refractivity contribution < 1.29 is 4.79 Å². The summed E-state index contributed by atoms with van der Waals surface area (Å²) in [5.74, 6) is -0.0924. The molecular weight excluding hydrogens is 410 g/mol. The standard InChI is InChI=1S/C28H25N3O2/c32-27-16-15-25(23-12-5-2-6-13-23)29-31(27)20-28(33)30-18-17-22-11-7-8-14-24(22)26(30)19-21-9-3-1-4-10-21/h1-16,26H,17-20H2/t26-/m0/s1. The lowest BCUT2D eigenvalue weighted by molar-refractivity contribution is -0.135. The molecule has 0 spiro atoms. The molecular formula is C28H25N3O2. The van der Waals surface area contributed by atoms with Crippen LogP contribution in [0.3, 0.4) is 0 Å². The maximum atomic E-state index is 13.5. The lowest BCUT2D eigenvalue weighted by Crippen LogP contribution is -2.44. The molecule has 0 bridgehead atoms. The number of aromatic nitrogens is 2. The highest BCUT2D eigenvalue weighted by molar-refractivity contribution is 5.77. The number of nitrogens with zero attached hydrogens (tertiary/aromatic N) is 3. The molecule has 0 saturated heterocycles. The van der Waals surface area contributed by atoms with Gasteiger partial charge >= 0.3 is 0 Å². The molecule has 3 aromatic carbocycles. The first-order valence-corrected chi connectivity index (χ1v) is 11.2. The van der Waals surface area contributed by atoms with Gasteiger partial charge in [0, 0.05) is 18.2 Å². The number of fused-ring (bicyclic) bond motifs is 1. The number of rotatable bonds is 5. The van der Waals surface area contributed by atoms with Crippen LogP contribution in [0.2, 0.25) is 0 Å². The zero-order chi connectivity index (χ0) is 22.6. The van der Waals surface area contributed by atoms with Gasteiger partial charge in [-0.05, 0) is 35.6 Å². The molecule has 1 atom stereocenters. The summed E-state index contributed by atoms with van der Waals surface area (Å²) in [6, 6.07) is 31.3. The van der Waals surface area contributed by atoms with E-state index in [1.165, 1.54) is 27.4 Å². The van der Waals surface area contributed by atoms with Gasteiger partial charge < -0.3 is 4.90 Å². The van der Waals surface area contributed by atoms with Crippen LogP contribution in [0.5, 0.6) is 0 Å². The molecule has 164 valence electrons. The summed E-state index contributed by atoms with van der Waals surface area (Å²) in [7, 11) is 0. The molecule has 0 N–H and O–H groups in total. The molecule has 0 radical (unpaired) electrons. The highest BCUT2D eigenvalue weighted by atomic mass is 16.2. The predicted octanol–water partition coefficient (Wildman–Crippen LogP) is 4.28. The zero-order valence-corrected chi connectivity index (χ0v) is 18.3. The van der Waals surface area contributed by atoms with Crippen molar-refractivity contribution in [1.82, 2.24) is 14.7 Å². The summed E-state index contributed by atoms with van der Waals surface area (Å²) in [4.78, 5) is 27.9. The normalized spacial score (nSPS) is 15.2. The summed E-state index contributed by atoms with van der Waals surface area (Å²) < 4.78 is 1.28. The van der Waals surface area contributed by atoms with Gasteiger partial charge in [-0.15, -0.1) is 0 Å². The van der Waals surface area contributed by atoms with Crippen LogP contribution in [0.4, 0.5) is 0 Å². The summed E-state index contributed by atoms with van der Waals surface area (Å²) in [6.07, 6.45) is 1.54. The van der Waals surface area contributed by atoms with Gasteiger partial charge in [0.15, 0.2) is 0 Å². The molecule has 0 saturated carbocycles. The van der Waals surface area contributed by atoms with Gasteiger partial charge in [0.25, 0.3) is 5.56 Å². The fourth-order valence-electron chi connectivity index (χ4n) is 4.55. The van der Waals surface area contributed by atoms with Crippen molar-refractivity contribution in [1.29, 1.82) is 0 Å². The van der Waals surface area contributed by atoms with E-state index in [-0.39, 0.29) is 24.1 Å². The Morgan fingerprint density at radius 3 is 2.33 bits per heavy atom. The summed E-state index contributed by atoms with van der Waals surface area (Å²) in [6.45, 7) is 0.549. The third-order valence-corrected chi connectivity index (χ3v) is 6.23. The first kappa shape index (κ1) is 20.9. The third kappa shape index (κ3) is 4.48. The Balaban J connectivity index is 1.44. The van der Waals surface area contributed by atoms with Gasteiger partial charge in [0.1, 0.15) is 6.54 Å². The molecule has 5 heteroatoms. The van der Waals surface area contributed by atoms with Crippen LogP contribution in [0.1, 0.15) is 22.7 Å². The lowest BCUT2D eigenvalue weighted by Gasteiger charge is -2.37. The quantitative estimate of drug-likeness (QED) is 0.470. The van der Waals surface area contributed by atoms with Gasteiger partial charge in [-0.1, -0.05) is 84.9 Å². The maximum Gasteiger partial charge on any atom is 0.267 e. The van der Waals surface area contributed by atoms with Crippen molar-refractivity contribution in [3.8, 4) is 11.3 Å². The van der Waals surface area contributed by atoms with Crippen molar-refractivity contribution >= 4 is 5.91 Å². The molecule has 0 unspecified atom stereocenters. The predicted molar refractivity (Wildman–Crippen MR) is 129 cm³/mol. The van der Waals surface area contributed by atoms with E-state index in [2.05, 4.69) is 35.4 Å². The topological polar surface area (TPSA) is 55.2 Å². The van der Waals surface area contributed by atoms with Crippen LogP contribution < -0.4 is 5.56 Å². The van der Waals surface area contributed by atoms with Crippen LogP contribution in [0.25, 0.3) is 11.3 Å². The largest absolute Gasteiger partial charge is 0.333 e. The van der Waals surface area contributed by atoms with Crippen LogP contribution in [0, 0.1) is 0 Å². The monoisotopic (exact) mass is 435 g/mol. The van der Waals surface area contributed by atoms with E-state index in [1.54, 1.807) is 6.07 Å². The van der Waals surface area contributed by atoms with Gasteiger partial charge in [0.2, 0.25) is 5.91 Å². The van der Waals surface area contributed by atoms with Gasteiger partial charge in [-0.2, -0.15) is 5.10 Å². The third-order valence-electron chi connectivity index (χ3n) is 6.23. The second-order valence-electron chi connectivity index (χ2n) is 8.32. The average Bonchev–Trinajstić information content (AvgIpc) is 2.86. The van der Waals surface area contributed by atoms with Crippen LogP contribution in [-0.4, -0.2) is 27.1 Å². The highest BCUT2D eigenvalue weighted by Crippen LogP contribution is 2.32. The minimum atomic E-state index is -0.278. The fourth-order valence-corrected chi connectivity index (χ4v) is 4.55. The van der Waals surface area contributed by atoms with Crippen molar-refractivity contribution in [3.63, 3.8) is 0 Å².